The number of benzene rings is 3. The van der Waals surface area contributed by atoms with Crippen LogP contribution in [0.25, 0.3) is 11.1 Å². The molecule has 0 saturated carbocycles. The standard InChI is InChI=1S/C31H30N4O6/c1-19(40-17-20-10-4-3-5-11-20)27(29(36)34-28-25(30(37)38)16-32-35(28)2)33-31(39)41-18-26-23-14-8-6-12-21(23)22-13-7-9-15-24(22)26/h3-16,19,26-27H,17-18H2,1-2H3,(H,33,39)(H,34,36)(H,37,38). The highest BCUT2D eigenvalue weighted by atomic mass is 16.5. The van der Waals surface area contributed by atoms with E-state index in [9.17, 15) is 19.5 Å². The van der Waals surface area contributed by atoms with Crippen molar-refractivity contribution in [2.75, 3.05) is 11.9 Å². The van der Waals surface area contributed by atoms with Crippen molar-refractivity contribution in [2.24, 2.45) is 7.05 Å². The molecule has 0 spiro atoms. The van der Waals surface area contributed by atoms with E-state index in [4.69, 9.17) is 9.47 Å². The van der Waals surface area contributed by atoms with Gasteiger partial charge in [0.05, 0.1) is 18.9 Å². The van der Waals surface area contributed by atoms with Crippen LogP contribution in [0, 0.1) is 0 Å². The molecule has 10 nitrogen and oxygen atoms in total. The first-order chi connectivity index (χ1) is 19.8. The molecule has 3 aromatic carbocycles. The van der Waals surface area contributed by atoms with E-state index in [1.165, 1.54) is 11.7 Å². The number of aromatic nitrogens is 2. The molecule has 2 unspecified atom stereocenters. The predicted molar refractivity (Wildman–Crippen MR) is 151 cm³/mol. The van der Waals surface area contributed by atoms with Crippen LogP contribution in [0.5, 0.6) is 0 Å². The molecule has 10 heteroatoms. The minimum absolute atomic E-state index is 0.0166. The van der Waals surface area contributed by atoms with E-state index in [2.05, 4.69) is 15.7 Å². The average molecular weight is 555 g/mol. The lowest BCUT2D eigenvalue weighted by Crippen LogP contribution is -2.51. The Balaban J connectivity index is 1.31. The third-order valence-electron chi connectivity index (χ3n) is 7.14. The first kappa shape index (κ1) is 27.6. The summed E-state index contributed by atoms with van der Waals surface area (Å²) >= 11 is 0. The van der Waals surface area contributed by atoms with Gasteiger partial charge in [-0.25, -0.2) is 9.59 Å². The van der Waals surface area contributed by atoms with E-state index in [1.54, 1.807) is 6.92 Å². The van der Waals surface area contributed by atoms with E-state index < -0.39 is 30.1 Å². The van der Waals surface area contributed by atoms with Crippen LogP contribution in [0.1, 0.15) is 39.9 Å². The molecule has 0 bridgehead atoms. The highest BCUT2D eigenvalue weighted by Crippen LogP contribution is 2.44. The predicted octanol–water partition coefficient (Wildman–Crippen LogP) is 4.57. The summed E-state index contributed by atoms with van der Waals surface area (Å²) in [6, 6.07) is 24.2. The number of carbonyl (C=O) groups is 3. The van der Waals surface area contributed by atoms with E-state index in [0.29, 0.717) is 0 Å². The van der Waals surface area contributed by atoms with Crippen molar-refractivity contribution in [3.8, 4) is 11.1 Å². The number of hydrogen-bond acceptors (Lipinski definition) is 6. The van der Waals surface area contributed by atoms with Gasteiger partial charge >= 0.3 is 12.1 Å². The smallest absolute Gasteiger partial charge is 0.407 e. The average Bonchev–Trinajstić information content (AvgIpc) is 3.51. The molecule has 0 fully saturated rings. The number of rotatable bonds is 10. The summed E-state index contributed by atoms with van der Waals surface area (Å²) in [4.78, 5) is 38.1. The van der Waals surface area contributed by atoms with Crippen molar-refractivity contribution >= 4 is 23.8 Å². The number of aryl methyl sites for hydroxylation is 1. The summed E-state index contributed by atoms with van der Waals surface area (Å²) < 4.78 is 12.8. The minimum atomic E-state index is -1.25. The molecule has 5 rings (SSSR count). The van der Waals surface area contributed by atoms with Crippen LogP contribution in [0.3, 0.4) is 0 Å². The molecular formula is C31H30N4O6. The molecule has 41 heavy (non-hydrogen) atoms. The summed E-state index contributed by atoms with van der Waals surface area (Å²) in [6.45, 7) is 1.92. The van der Waals surface area contributed by atoms with Gasteiger partial charge in [0.25, 0.3) is 5.91 Å². The van der Waals surface area contributed by atoms with Crippen molar-refractivity contribution in [3.63, 3.8) is 0 Å². The summed E-state index contributed by atoms with van der Waals surface area (Å²) in [7, 11) is 1.51. The monoisotopic (exact) mass is 554 g/mol. The van der Waals surface area contributed by atoms with Crippen LogP contribution >= 0.6 is 0 Å². The van der Waals surface area contributed by atoms with Crippen LogP contribution in [-0.2, 0) is 27.9 Å². The number of carboxylic acids is 1. The number of aromatic carboxylic acids is 1. The van der Waals surface area contributed by atoms with E-state index in [-0.39, 0.29) is 30.5 Å². The second-order valence-electron chi connectivity index (χ2n) is 9.77. The maximum absolute atomic E-state index is 13.4. The topological polar surface area (TPSA) is 132 Å². The lowest BCUT2D eigenvalue weighted by atomic mass is 9.98. The molecule has 2 atom stereocenters. The molecule has 0 radical (unpaired) electrons. The molecule has 0 saturated heterocycles. The maximum atomic E-state index is 13.4. The number of carbonyl (C=O) groups excluding carboxylic acids is 2. The number of ether oxygens (including phenoxy) is 2. The number of carboxylic acid groups (broad SMARTS) is 1. The van der Waals surface area contributed by atoms with Crippen LogP contribution in [-0.4, -0.2) is 51.6 Å². The van der Waals surface area contributed by atoms with Crippen LogP contribution in [0.4, 0.5) is 10.6 Å². The number of amides is 2. The van der Waals surface area contributed by atoms with E-state index >= 15 is 0 Å². The Bertz CT molecular complexity index is 1520. The number of alkyl carbamates (subject to hydrolysis) is 1. The van der Waals surface area contributed by atoms with E-state index in [1.807, 2.05) is 78.9 Å². The van der Waals surface area contributed by atoms with Gasteiger partial charge in [-0.05, 0) is 34.7 Å². The molecule has 1 heterocycles. The van der Waals surface area contributed by atoms with Gasteiger partial charge in [0, 0.05) is 13.0 Å². The fourth-order valence-corrected chi connectivity index (χ4v) is 5.00. The third kappa shape index (κ3) is 5.97. The van der Waals surface area contributed by atoms with Crippen molar-refractivity contribution in [1.82, 2.24) is 15.1 Å². The lowest BCUT2D eigenvalue weighted by Gasteiger charge is -2.25. The van der Waals surface area contributed by atoms with Crippen molar-refractivity contribution in [3.05, 3.63) is 107 Å². The maximum Gasteiger partial charge on any atom is 0.407 e. The summed E-state index contributed by atoms with van der Waals surface area (Å²) in [6.07, 6.45) is -0.454. The van der Waals surface area contributed by atoms with Gasteiger partial charge in [-0.1, -0.05) is 78.9 Å². The van der Waals surface area contributed by atoms with E-state index in [0.717, 1.165) is 34.0 Å². The fraction of sp³-hybridized carbons (Fsp3) is 0.226. The molecule has 1 aliphatic carbocycles. The van der Waals surface area contributed by atoms with Crippen molar-refractivity contribution in [1.29, 1.82) is 0 Å². The number of anilines is 1. The Hall–Kier alpha value is -4.96. The minimum Gasteiger partial charge on any atom is -0.477 e. The fourth-order valence-electron chi connectivity index (χ4n) is 5.00. The molecule has 0 aliphatic heterocycles. The Morgan fingerprint density at radius 3 is 2.20 bits per heavy atom. The molecule has 4 aromatic rings. The summed E-state index contributed by atoms with van der Waals surface area (Å²) in [5.41, 5.74) is 5.03. The zero-order valence-corrected chi connectivity index (χ0v) is 22.6. The van der Waals surface area contributed by atoms with Gasteiger partial charge in [-0.15, -0.1) is 0 Å². The molecule has 210 valence electrons. The Labute approximate surface area is 236 Å². The molecule has 3 N–H and O–H groups in total. The van der Waals surface area contributed by atoms with Crippen LogP contribution in [0.15, 0.2) is 85.1 Å². The molecule has 1 aliphatic rings. The summed E-state index contributed by atoms with van der Waals surface area (Å²) in [5.74, 6) is -2.09. The normalized spacial score (nSPS) is 13.5. The Morgan fingerprint density at radius 1 is 0.951 bits per heavy atom. The van der Waals surface area contributed by atoms with Gasteiger partial charge < -0.3 is 25.2 Å². The third-order valence-corrected chi connectivity index (χ3v) is 7.14. The van der Waals surface area contributed by atoms with Gasteiger partial charge in [0.2, 0.25) is 0 Å². The molecular weight excluding hydrogens is 524 g/mol. The largest absolute Gasteiger partial charge is 0.477 e. The zero-order valence-electron chi connectivity index (χ0n) is 22.6. The van der Waals surface area contributed by atoms with Gasteiger partial charge in [0.15, 0.2) is 0 Å². The van der Waals surface area contributed by atoms with Crippen molar-refractivity contribution in [2.45, 2.75) is 31.6 Å². The number of nitrogens with one attached hydrogen (secondary N) is 2. The first-order valence-corrected chi connectivity index (χ1v) is 13.2. The number of fused-ring (bicyclic) bond motifs is 3. The van der Waals surface area contributed by atoms with Crippen LogP contribution < -0.4 is 10.6 Å². The van der Waals surface area contributed by atoms with Crippen LogP contribution in [0.2, 0.25) is 0 Å². The lowest BCUT2D eigenvalue weighted by molar-refractivity contribution is -0.122. The second-order valence-corrected chi connectivity index (χ2v) is 9.77. The quantitative estimate of drug-likeness (QED) is 0.262. The summed E-state index contributed by atoms with van der Waals surface area (Å²) in [5, 5.41) is 18.6. The SMILES string of the molecule is CC(OCc1ccccc1)C(NC(=O)OCC1c2ccccc2-c2ccccc21)C(=O)Nc1c(C(=O)O)cnn1C. The first-order valence-electron chi connectivity index (χ1n) is 13.2. The highest BCUT2D eigenvalue weighted by Gasteiger charge is 2.32. The molecule has 1 aromatic heterocycles. The zero-order chi connectivity index (χ0) is 28.9. The Kier molecular flexibility index (Phi) is 8.11. The Morgan fingerprint density at radius 2 is 1.56 bits per heavy atom. The van der Waals surface area contributed by atoms with Gasteiger partial charge in [0.1, 0.15) is 24.0 Å². The number of nitrogens with zero attached hydrogens (tertiary/aromatic N) is 2. The van der Waals surface area contributed by atoms with Gasteiger partial charge in [-0.2, -0.15) is 5.10 Å². The second kappa shape index (κ2) is 12.1. The van der Waals surface area contributed by atoms with Crippen molar-refractivity contribution < 1.29 is 29.0 Å². The molecule has 2 amide bonds. The highest BCUT2D eigenvalue weighted by molar-refractivity contribution is 6.02. The van der Waals surface area contributed by atoms with Gasteiger partial charge in [-0.3, -0.25) is 9.48 Å². The number of hydrogen-bond donors (Lipinski definition) is 3.